The van der Waals surface area contributed by atoms with Crippen molar-refractivity contribution in [1.82, 2.24) is 41.3 Å². The second-order valence-corrected chi connectivity index (χ2v) is 29.7. The van der Waals surface area contributed by atoms with E-state index in [1.807, 2.05) is 36.0 Å². The van der Waals surface area contributed by atoms with Crippen molar-refractivity contribution < 1.29 is 41.9 Å². The third-order valence-electron chi connectivity index (χ3n) is 14.4. The van der Waals surface area contributed by atoms with Crippen LogP contribution in [0.15, 0.2) is 143 Å². The summed E-state index contributed by atoms with van der Waals surface area (Å²) in [7, 11) is -3.16. The molecule has 12 aliphatic rings. The minimum Gasteiger partial charge on any atom is -0.380 e. The predicted octanol–water partition coefficient (Wildman–Crippen LogP) is 9.84. The monoisotopic (exact) mass is 1390 g/mol. The van der Waals surface area contributed by atoms with Crippen LogP contribution in [-0.2, 0) is 82.9 Å². The van der Waals surface area contributed by atoms with Crippen molar-refractivity contribution in [3.05, 3.63) is 166 Å². The molecule has 4 aromatic rings. The number of imide groups is 2. The zero-order valence-electron chi connectivity index (χ0n) is 54.0. The summed E-state index contributed by atoms with van der Waals surface area (Å²) in [6.45, 7) is 13.8. The molecular formula is C69H99N9O9S6. The molecular weight excluding hydrogens is 1290 g/mol. The zero-order valence-corrected chi connectivity index (χ0v) is 58.9. The topological polar surface area (TPSA) is 260 Å². The number of sulfonamides is 1. The predicted molar refractivity (Wildman–Crippen MR) is 387 cm³/mol. The van der Waals surface area contributed by atoms with Gasteiger partial charge >= 0.3 is 0 Å². The van der Waals surface area contributed by atoms with Gasteiger partial charge in [0.25, 0.3) is 5.91 Å². The first-order chi connectivity index (χ1) is 45.4. The molecule has 0 aliphatic carbocycles. The first-order valence-corrected chi connectivity index (χ1v) is 39.3. The Kier molecular flexibility index (Phi) is 42.2. The number of carbonyl (C=O) groups excluding carboxylic acids is 5. The summed E-state index contributed by atoms with van der Waals surface area (Å²) in [5, 5.41) is 16.7. The molecule has 510 valence electrons. The van der Waals surface area contributed by atoms with Gasteiger partial charge in [-0.05, 0) is 147 Å². The maximum Gasteiger partial charge on any atom is 0.250 e. The normalized spacial score (nSPS) is 20.4. The van der Waals surface area contributed by atoms with Crippen LogP contribution in [0.3, 0.4) is 0 Å². The molecule has 12 aliphatic heterocycles. The SMILES string of the molecule is C1CCCNCC1.C1CCNCC1.C1CCSC1.C1CSCCO1.C1CSCCS1.CC1=CC(=O)NC(=O)C1.NC1C=CCC(=O)N1.O=C1C=CCC(=O)N1.O=S1(=O)NCc2ccccc21.c1ccc2c(c1)CNC2.c1ccc2c(c1)CNS2.c1ccc2c(c1)COC2. The Bertz CT molecular complexity index is 2750. The van der Waals surface area contributed by atoms with Crippen LogP contribution in [0.25, 0.3) is 0 Å². The number of thioether (sulfide) groups is 4. The third-order valence-corrected chi connectivity index (χ3v) is 21.3. The molecule has 0 bridgehead atoms. The number of fused-ring (bicyclic) bond motifs is 4. The molecule has 93 heavy (non-hydrogen) atoms. The van der Waals surface area contributed by atoms with Crippen molar-refractivity contribution in [1.29, 1.82) is 0 Å². The summed E-state index contributed by atoms with van der Waals surface area (Å²) in [4.78, 5) is 53.8. The number of amides is 5. The molecule has 10 N–H and O–H groups in total. The van der Waals surface area contributed by atoms with Crippen LogP contribution in [0, 0.1) is 0 Å². The van der Waals surface area contributed by atoms with Gasteiger partial charge in [-0.3, -0.25) is 39.3 Å². The van der Waals surface area contributed by atoms with Gasteiger partial charge in [-0.1, -0.05) is 128 Å². The minimum absolute atomic E-state index is 0.000000000000000222. The molecule has 0 spiro atoms. The van der Waals surface area contributed by atoms with E-state index in [0.29, 0.717) is 30.7 Å². The van der Waals surface area contributed by atoms with Gasteiger partial charge in [0, 0.05) is 90.9 Å². The van der Waals surface area contributed by atoms with Gasteiger partial charge in [-0.25, -0.2) is 13.1 Å². The lowest BCUT2D eigenvalue weighted by Crippen LogP contribution is -2.41. The molecule has 0 radical (unpaired) electrons. The summed E-state index contributed by atoms with van der Waals surface area (Å²) in [6.07, 6.45) is 21.5. The van der Waals surface area contributed by atoms with Crippen molar-refractivity contribution in [2.75, 3.05) is 85.4 Å². The Morgan fingerprint density at radius 2 is 0.989 bits per heavy atom. The molecule has 5 saturated heterocycles. The van der Waals surface area contributed by atoms with E-state index in [2.05, 4.69) is 137 Å². The molecule has 0 aromatic heterocycles. The summed E-state index contributed by atoms with van der Waals surface area (Å²) >= 11 is 9.91. The Labute approximate surface area is 574 Å². The zero-order chi connectivity index (χ0) is 66.2. The second-order valence-electron chi connectivity index (χ2n) is 22.2. The number of nitrogens with two attached hydrogens (primary N) is 1. The fourth-order valence-corrected chi connectivity index (χ4v) is 15.5. The number of carbonyl (C=O) groups is 5. The number of rotatable bonds is 0. The van der Waals surface area contributed by atoms with Gasteiger partial charge in [0.15, 0.2) is 0 Å². The number of hydrogen-bond acceptors (Lipinski definition) is 19. The van der Waals surface area contributed by atoms with Gasteiger partial charge in [0.1, 0.15) is 0 Å². The molecule has 4 aromatic carbocycles. The summed E-state index contributed by atoms with van der Waals surface area (Å²) in [5.74, 6) is 9.69. The van der Waals surface area contributed by atoms with Crippen LogP contribution in [0.2, 0.25) is 0 Å². The molecule has 1 unspecified atom stereocenters. The van der Waals surface area contributed by atoms with Crippen LogP contribution in [0.1, 0.15) is 117 Å². The van der Waals surface area contributed by atoms with E-state index in [1.54, 1.807) is 49.2 Å². The molecule has 5 amide bonds. The maximum atomic E-state index is 11.1. The Morgan fingerprint density at radius 1 is 0.484 bits per heavy atom. The summed E-state index contributed by atoms with van der Waals surface area (Å²) in [6, 6.07) is 32.3. The van der Waals surface area contributed by atoms with Crippen molar-refractivity contribution in [2.45, 2.75) is 139 Å². The van der Waals surface area contributed by atoms with Crippen LogP contribution in [0.5, 0.6) is 0 Å². The fourth-order valence-electron chi connectivity index (χ4n) is 9.48. The van der Waals surface area contributed by atoms with E-state index in [0.717, 1.165) is 57.2 Å². The number of nitrogens with one attached hydrogen (secondary N) is 8. The molecule has 0 saturated carbocycles. The van der Waals surface area contributed by atoms with Crippen LogP contribution < -0.4 is 47.1 Å². The number of ether oxygens (including phenoxy) is 2. The lowest BCUT2D eigenvalue weighted by molar-refractivity contribution is -0.130. The molecule has 5 fully saturated rings. The molecule has 12 heterocycles. The maximum absolute atomic E-state index is 11.1. The van der Waals surface area contributed by atoms with E-state index < -0.39 is 10.0 Å². The first-order valence-electron chi connectivity index (χ1n) is 32.4. The van der Waals surface area contributed by atoms with Crippen molar-refractivity contribution in [2.24, 2.45) is 5.73 Å². The van der Waals surface area contributed by atoms with Gasteiger partial charge in [0.05, 0.1) is 37.5 Å². The molecule has 16 rings (SSSR count). The van der Waals surface area contributed by atoms with Crippen LogP contribution in [-0.4, -0.2) is 130 Å². The Hall–Kier alpha value is -4.77. The minimum atomic E-state index is -3.16. The van der Waals surface area contributed by atoms with Crippen LogP contribution in [0.4, 0.5) is 0 Å². The van der Waals surface area contributed by atoms with E-state index in [-0.39, 0.29) is 35.7 Å². The highest BCUT2D eigenvalue weighted by molar-refractivity contribution is 8.06. The highest BCUT2D eigenvalue weighted by Crippen LogP contribution is 2.26. The van der Waals surface area contributed by atoms with Crippen molar-refractivity contribution in [3.8, 4) is 0 Å². The Morgan fingerprint density at radius 3 is 1.42 bits per heavy atom. The fraction of sp³-hybridized carbons (Fsp3) is 0.493. The van der Waals surface area contributed by atoms with E-state index >= 15 is 0 Å². The average molecular weight is 1390 g/mol. The number of piperidine rings is 1. The average Bonchev–Trinajstić information content (AvgIpc) is 1.70. The molecule has 18 nitrogen and oxygen atoms in total. The van der Waals surface area contributed by atoms with E-state index in [4.69, 9.17) is 15.2 Å². The highest BCUT2D eigenvalue weighted by atomic mass is 32.2. The summed E-state index contributed by atoms with van der Waals surface area (Å²) in [5.41, 5.74) is 14.0. The highest BCUT2D eigenvalue weighted by Gasteiger charge is 2.24. The first kappa shape index (κ1) is 78.9. The van der Waals surface area contributed by atoms with Gasteiger partial charge < -0.3 is 36.5 Å². The van der Waals surface area contributed by atoms with Crippen molar-refractivity contribution in [3.63, 3.8) is 0 Å². The lowest BCUT2D eigenvalue weighted by Gasteiger charge is -2.11. The number of benzene rings is 4. The standard InChI is InChI=1S/C8H9N.C8H8O.C7H7NO2S.C7H7NS.C6H7NO2.C6H13N.C5H8N2O.C5H5NO2.C5H11N.C4H8OS.C4H8S2.C4H8S/c2*1-2-4-8-6-9-5-7(8)3-1;9-11(10)7-4-2-1-3-6(7)5-8-11;1-2-4-7-6(3-1)5-8-9-7;1-4-2-5(8)7-6(9)3-4;1-2-4-6-7-5-3-1;6-4-2-1-3-5(8)7-4;7-4-2-1-3-5(8)6-4;1-2-4-6-5-3-1;1-3-6-4-2-5-1;1-2-6-4-3-5-1;1-2-4-5-3-1/h1-4,9H,5-6H2;1-4H,5-6H2;1-4,8H,5H2;1-4,8H,5H2;2H,3H2,1H3,(H,7,8,9);7H,1-6H2;1-2,4H,3,6H2,(H,7,8);1-2H,3H2,(H,6,7,8);6H,1-5H2;2*1-4H2;1-4H2. The molecule has 1 atom stereocenters. The molecule has 24 heteroatoms. The smallest absolute Gasteiger partial charge is 0.250 e. The van der Waals surface area contributed by atoms with Gasteiger partial charge in [0.2, 0.25) is 33.7 Å². The quantitative estimate of drug-likeness (QED) is 0.0451. The van der Waals surface area contributed by atoms with E-state index in [9.17, 15) is 32.4 Å². The lowest BCUT2D eigenvalue weighted by atomic mass is 10.1. The van der Waals surface area contributed by atoms with Crippen LogP contribution >= 0.6 is 59.0 Å². The van der Waals surface area contributed by atoms with Crippen molar-refractivity contribution >= 4 is 98.6 Å². The second kappa shape index (κ2) is 49.7. The largest absolute Gasteiger partial charge is 0.380 e. The van der Waals surface area contributed by atoms with Gasteiger partial charge in [-0.15, -0.1) is 0 Å². The van der Waals surface area contributed by atoms with Gasteiger partial charge in [-0.2, -0.15) is 47.0 Å². The third kappa shape index (κ3) is 36.8. The van der Waals surface area contributed by atoms with E-state index in [1.165, 1.54) is 175 Å². The number of hydrogen-bond donors (Lipinski definition) is 9. The Balaban J connectivity index is 0.000000185. The summed E-state index contributed by atoms with van der Waals surface area (Å²) < 4.78 is 38.2.